The van der Waals surface area contributed by atoms with Crippen LogP contribution in [0.3, 0.4) is 0 Å². The molecule has 17 heavy (non-hydrogen) atoms. The normalized spacial score (nSPS) is 26.7. The molecule has 1 fully saturated rings. The average Bonchev–Trinajstić information content (AvgIpc) is 2.41. The molecule has 3 atom stereocenters. The predicted octanol–water partition coefficient (Wildman–Crippen LogP) is 4.16. The van der Waals surface area contributed by atoms with Gasteiger partial charge in [0.1, 0.15) is 0 Å². The van der Waals surface area contributed by atoms with Crippen LogP contribution < -0.4 is 5.32 Å². The monoisotopic (exact) mass is 231 g/mol. The third-order valence-corrected chi connectivity index (χ3v) is 4.39. The third kappa shape index (κ3) is 2.90. The molecule has 0 heterocycles. The van der Waals surface area contributed by atoms with Gasteiger partial charge in [0.2, 0.25) is 0 Å². The average molecular weight is 231 g/mol. The zero-order valence-corrected chi connectivity index (χ0v) is 11.2. The maximum Gasteiger partial charge on any atom is 0.0348 e. The second-order valence-corrected chi connectivity index (χ2v) is 5.29. The number of rotatable bonds is 4. The third-order valence-electron chi connectivity index (χ3n) is 4.39. The number of hydrogen-bond acceptors (Lipinski definition) is 1. The van der Waals surface area contributed by atoms with Crippen molar-refractivity contribution in [3.05, 3.63) is 35.9 Å². The van der Waals surface area contributed by atoms with Crippen LogP contribution in [0.5, 0.6) is 0 Å². The lowest BCUT2D eigenvalue weighted by atomic mass is 9.72. The fourth-order valence-corrected chi connectivity index (χ4v) is 3.47. The highest BCUT2D eigenvalue weighted by molar-refractivity contribution is 5.20. The molecular formula is C16H25N. The van der Waals surface area contributed by atoms with Gasteiger partial charge in [-0.15, -0.1) is 0 Å². The van der Waals surface area contributed by atoms with E-state index in [1.807, 2.05) is 0 Å². The van der Waals surface area contributed by atoms with E-state index in [2.05, 4.69) is 49.6 Å². The summed E-state index contributed by atoms with van der Waals surface area (Å²) in [5.74, 6) is 1.72. The quantitative estimate of drug-likeness (QED) is 0.820. The van der Waals surface area contributed by atoms with Gasteiger partial charge in [0.25, 0.3) is 0 Å². The molecule has 2 rings (SSSR count). The molecule has 0 aliphatic heterocycles. The molecular weight excluding hydrogens is 206 g/mol. The van der Waals surface area contributed by atoms with Crippen LogP contribution >= 0.6 is 0 Å². The van der Waals surface area contributed by atoms with Crippen molar-refractivity contribution < 1.29 is 0 Å². The van der Waals surface area contributed by atoms with E-state index in [-0.39, 0.29) is 0 Å². The van der Waals surface area contributed by atoms with E-state index in [9.17, 15) is 0 Å². The van der Waals surface area contributed by atoms with Gasteiger partial charge >= 0.3 is 0 Å². The second kappa shape index (κ2) is 6.20. The first-order chi connectivity index (χ1) is 8.36. The molecule has 1 heteroatoms. The van der Waals surface area contributed by atoms with Gasteiger partial charge in [-0.05, 0) is 30.9 Å². The highest BCUT2D eigenvalue weighted by Crippen LogP contribution is 2.39. The zero-order chi connectivity index (χ0) is 12.1. The summed E-state index contributed by atoms with van der Waals surface area (Å²) in [6.07, 6.45) is 6.98. The van der Waals surface area contributed by atoms with Crippen molar-refractivity contribution in [1.29, 1.82) is 0 Å². The minimum absolute atomic E-state index is 0.543. The lowest BCUT2D eigenvalue weighted by molar-refractivity contribution is 0.180. The summed E-state index contributed by atoms with van der Waals surface area (Å²) in [7, 11) is 2.11. The largest absolute Gasteiger partial charge is 0.313 e. The fraction of sp³-hybridized carbons (Fsp3) is 0.625. The molecule has 1 nitrogen and oxygen atoms in total. The van der Waals surface area contributed by atoms with Crippen molar-refractivity contribution in [2.24, 2.45) is 11.8 Å². The van der Waals surface area contributed by atoms with Gasteiger partial charge in [-0.1, -0.05) is 62.9 Å². The molecule has 3 unspecified atom stereocenters. The maximum atomic E-state index is 3.55. The Morgan fingerprint density at radius 3 is 2.53 bits per heavy atom. The Bertz CT molecular complexity index is 320. The summed E-state index contributed by atoms with van der Waals surface area (Å²) in [4.78, 5) is 0. The summed E-state index contributed by atoms with van der Waals surface area (Å²) in [6.45, 7) is 2.35. The minimum Gasteiger partial charge on any atom is -0.313 e. The Labute approximate surface area is 106 Å². The molecule has 1 N–H and O–H groups in total. The molecule has 0 radical (unpaired) electrons. The van der Waals surface area contributed by atoms with E-state index in [0.29, 0.717) is 6.04 Å². The van der Waals surface area contributed by atoms with E-state index >= 15 is 0 Å². The zero-order valence-electron chi connectivity index (χ0n) is 11.2. The Hall–Kier alpha value is -0.820. The summed E-state index contributed by atoms with van der Waals surface area (Å²) in [6, 6.07) is 11.5. The fourth-order valence-electron chi connectivity index (χ4n) is 3.47. The number of nitrogens with one attached hydrogen (secondary N) is 1. The van der Waals surface area contributed by atoms with Crippen LogP contribution in [-0.2, 0) is 0 Å². The topological polar surface area (TPSA) is 12.0 Å². The van der Waals surface area contributed by atoms with Crippen LogP contribution in [0.4, 0.5) is 0 Å². The van der Waals surface area contributed by atoms with Crippen molar-refractivity contribution in [3.63, 3.8) is 0 Å². The molecule has 0 spiro atoms. The van der Waals surface area contributed by atoms with Crippen LogP contribution in [-0.4, -0.2) is 7.05 Å². The van der Waals surface area contributed by atoms with E-state index in [1.54, 1.807) is 0 Å². The number of hydrogen-bond donors (Lipinski definition) is 1. The Kier molecular flexibility index (Phi) is 4.61. The van der Waals surface area contributed by atoms with Crippen molar-refractivity contribution in [2.45, 2.75) is 45.1 Å². The first-order valence-electron chi connectivity index (χ1n) is 7.09. The van der Waals surface area contributed by atoms with Crippen LogP contribution in [0.15, 0.2) is 30.3 Å². The summed E-state index contributed by atoms with van der Waals surface area (Å²) in [5, 5.41) is 3.55. The molecule has 1 aliphatic rings. The molecule has 0 saturated heterocycles. The maximum absolute atomic E-state index is 3.55. The highest BCUT2D eigenvalue weighted by Gasteiger charge is 2.30. The predicted molar refractivity (Wildman–Crippen MR) is 74.0 cm³/mol. The highest BCUT2D eigenvalue weighted by atomic mass is 14.9. The molecule has 0 amide bonds. The van der Waals surface area contributed by atoms with E-state index in [1.165, 1.54) is 37.7 Å². The van der Waals surface area contributed by atoms with Gasteiger partial charge in [0, 0.05) is 6.04 Å². The van der Waals surface area contributed by atoms with Crippen molar-refractivity contribution >= 4 is 0 Å². The molecule has 1 aromatic carbocycles. The van der Waals surface area contributed by atoms with Crippen molar-refractivity contribution in [2.75, 3.05) is 7.05 Å². The van der Waals surface area contributed by atoms with Crippen LogP contribution in [0.1, 0.15) is 50.6 Å². The van der Waals surface area contributed by atoms with Gasteiger partial charge in [0.15, 0.2) is 0 Å². The Balaban J connectivity index is 2.16. The first kappa shape index (κ1) is 12.6. The molecule has 0 aromatic heterocycles. The van der Waals surface area contributed by atoms with E-state index < -0.39 is 0 Å². The Morgan fingerprint density at radius 1 is 1.18 bits per heavy atom. The lowest BCUT2D eigenvalue weighted by Gasteiger charge is -2.37. The summed E-state index contributed by atoms with van der Waals surface area (Å²) >= 11 is 0. The Morgan fingerprint density at radius 2 is 1.88 bits per heavy atom. The number of benzene rings is 1. The van der Waals surface area contributed by atoms with Crippen LogP contribution in [0, 0.1) is 11.8 Å². The van der Waals surface area contributed by atoms with Crippen molar-refractivity contribution in [3.8, 4) is 0 Å². The molecule has 94 valence electrons. The van der Waals surface area contributed by atoms with Crippen molar-refractivity contribution in [1.82, 2.24) is 5.32 Å². The first-order valence-corrected chi connectivity index (χ1v) is 7.09. The lowest BCUT2D eigenvalue weighted by Crippen LogP contribution is -2.32. The summed E-state index contributed by atoms with van der Waals surface area (Å²) < 4.78 is 0. The van der Waals surface area contributed by atoms with Crippen LogP contribution in [0.2, 0.25) is 0 Å². The van der Waals surface area contributed by atoms with Gasteiger partial charge < -0.3 is 5.32 Å². The smallest absolute Gasteiger partial charge is 0.0348 e. The summed E-state index contributed by atoms with van der Waals surface area (Å²) in [5.41, 5.74) is 1.46. The SMILES string of the molecule is CCC1CCCCC1C(NC)c1ccccc1. The van der Waals surface area contributed by atoms with Gasteiger partial charge in [-0.25, -0.2) is 0 Å². The van der Waals surface area contributed by atoms with Gasteiger partial charge in [-0.3, -0.25) is 0 Å². The molecule has 1 aliphatic carbocycles. The molecule has 1 aromatic rings. The molecule has 0 bridgehead atoms. The minimum atomic E-state index is 0.543. The van der Waals surface area contributed by atoms with Gasteiger partial charge in [0.05, 0.1) is 0 Å². The standard InChI is InChI=1S/C16H25N/c1-3-13-9-7-8-12-15(13)16(17-2)14-10-5-4-6-11-14/h4-6,10-11,13,15-17H,3,7-9,12H2,1-2H3. The molecule has 1 saturated carbocycles. The van der Waals surface area contributed by atoms with E-state index in [0.717, 1.165) is 11.8 Å². The van der Waals surface area contributed by atoms with E-state index in [4.69, 9.17) is 0 Å². The van der Waals surface area contributed by atoms with Gasteiger partial charge in [-0.2, -0.15) is 0 Å². The second-order valence-electron chi connectivity index (χ2n) is 5.29. The van der Waals surface area contributed by atoms with Crippen LogP contribution in [0.25, 0.3) is 0 Å².